The van der Waals surface area contributed by atoms with Gasteiger partial charge in [-0.1, -0.05) is 6.07 Å². The van der Waals surface area contributed by atoms with Gasteiger partial charge in [0.1, 0.15) is 5.82 Å². The number of anilines is 2. The minimum Gasteiger partial charge on any atom is -0.481 e. The molecule has 0 aliphatic carbocycles. The molecule has 5 nitrogen and oxygen atoms in total. The SMILES string of the molecule is COc1ccc(CNc2ccc(N)cn2)cn1. The molecule has 0 fully saturated rings. The van der Waals surface area contributed by atoms with Crippen LogP contribution < -0.4 is 15.8 Å². The van der Waals surface area contributed by atoms with E-state index in [1.807, 2.05) is 24.3 Å². The standard InChI is InChI=1S/C12H14N4O/c1-17-12-5-2-9(7-16-12)6-14-11-4-3-10(13)8-15-11/h2-5,7-8H,6,13H2,1H3,(H,14,15). The molecule has 0 saturated carbocycles. The number of ether oxygens (including phenoxy) is 1. The summed E-state index contributed by atoms with van der Waals surface area (Å²) in [6, 6.07) is 7.43. The predicted molar refractivity (Wildman–Crippen MR) is 66.8 cm³/mol. The lowest BCUT2D eigenvalue weighted by atomic mass is 10.3. The largest absolute Gasteiger partial charge is 0.481 e. The zero-order valence-electron chi connectivity index (χ0n) is 9.55. The number of methoxy groups -OCH3 is 1. The summed E-state index contributed by atoms with van der Waals surface area (Å²) in [7, 11) is 1.60. The van der Waals surface area contributed by atoms with Crippen LogP contribution >= 0.6 is 0 Å². The molecule has 0 aliphatic heterocycles. The Balaban J connectivity index is 1.95. The van der Waals surface area contributed by atoms with E-state index in [1.165, 1.54) is 0 Å². The molecule has 0 radical (unpaired) electrons. The first-order valence-corrected chi connectivity index (χ1v) is 5.22. The second-order valence-corrected chi connectivity index (χ2v) is 3.54. The van der Waals surface area contributed by atoms with Crippen molar-refractivity contribution in [3.63, 3.8) is 0 Å². The second-order valence-electron chi connectivity index (χ2n) is 3.54. The first-order valence-electron chi connectivity index (χ1n) is 5.22. The molecule has 0 spiro atoms. The molecule has 0 atom stereocenters. The highest BCUT2D eigenvalue weighted by molar-refractivity contribution is 5.44. The van der Waals surface area contributed by atoms with E-state index >= 15 is 0 Å². The molecule has 2 rings (SSSR count). The highest BCUT2D eigenvalue weighted by atomic mass is 16.5. The Morgan fingerprint density at radius 2 is 2.06 bits per heavy atom. The van der Waals surface area contributed by atoms with Gasteiger partial charge in [0.2, 0.25) is 5.88 Å². The van der Waals surface area contributed by atoms with Gasteiger partial charge in [0, 0.05) is 18.8 Å². The summed E-state index contributed by atoms with van der Waals surface area (Å²) in [6.07, 6.45) is 3.39. The van der Waals surface area contributed by atoms with Gasteiger partial charge in [0.05, 0.1) is 19.0 Å². The Hall–Kier alpha value is -2.30. The number of nitrogen functional groups attached to an aromatic ring is 1. The molecule has 17 heavy (non-hydrogen) atoms. The number of pyridine rings is 2. The lowest BCUT2D eigenvalue weighted by Gasteiger charge is -2.06. The smallest absolute Gasteiger partial charge is 0.212 e. The molecule has 0 amide bonds. The highest BCUT2D eigenvalue weighted by Crippen LogP contribution is 2.10. The van der Waals surface area contributed by atoms with Crippen molar-refractivity contribution in [2.45, 2.75) is 6.54 Å². The first kappa shape index (κ1) is 11.2. The third kappa shape index (κ3) is 3.07. The molecule has 0 bridgehead atoms. The number of hydrogen-bond donors (Lipinski definition) is 2. The second kappa shape index (κ2) is 5.16. The van der Waals surface area contributed by atoms with Gasteiger partial charge in [-0.3, -0.25) is 0 Å². The minimum atomic E-state index is 0.611. The van der Waals surface area contributed by atoms with Gasteiger partial charge in [0.15, 0.2) is 0 Å². The van der Waals surface area contributed by atoms with E-state index in [4.69, 9.17) is 10.5 Å². The zero-order chi connectivity index (χ0) is 12.1. The summed E-state index contributed by atoms with van der Waals surface area (Å²) >= 11 is 0. The van der Waals surface area contributed by atoms with E-state index in [0.717, 1.165) is 11.4 Å². The summed E-state index contributed by atoms with van der Waals surface area (Å²) in [5.41, 5.74) is 7.27. The lowest BCUT2D eigenvalue weighted by molar-refractivity contribution is 0.397. The van der Waals surface area contributed by atoms with Crippen LogP contribution in [0.1, 0.15) is 5.56 Å². The van der Waals surface area contributed by atoms with Gasteiger partial charge in [-0.15, -0.1) is 0 Å². The van der Waals surface area contributed by atoms with Gasteiger partial charge in [-0.25, -0.2) is 9.97 Å². The molecule has 2 heterocycles. The molecule has 2 aromatic heterocycles. The maximum Gasteiger partial charge on any atom is 0.212 e. The summed E-state index contributed by atoms with van der Waals surface area (Å²) < 4.78 is 4.99. The van der Waals surface area contributed by atoms with Crippen molar-refractivity contribution in [3.8, 4) is 5.88 Å². The number of aromatic nitrogens is 2. The van der Waals surface area contributed by atoms with Crippen LogP contribution in [0.2, 0.25) is 0 Å². The van der Waals surface area contributed by atoms with Crippen molar-refractivity contribution in [3.05, 3.63) is 42.2 Å². The Bertz CT molecular complexity index is 467. The van der Waals surface area contributed by atoms with Crippen molar-refractivity contribution < 1.29 is 4.74 Å². The van der Waals surface area contributed by atoms with E-state index in [9.17, 15) is 0 Å². The Morgan fingerprint density at radius 3 is 2.65 bits per heavy atom. The predicted octanol–water partition coefficient (Wildman–Crippen LogP) is 1.68. The van der Waals surface area contributed by atoms with Gasteiger partial charge in [-0.2, -0.15) is 0 Å². The van der Waals surface area contributed by atoms with Crippen LogP contribution in [0.4, 0.5) is 11.5 Å². The molecule has 0 aliphatic rings. The number of nitrogens with two attached hydrogens (primary N) is 1. The maximum absolute atomic E-state index is 5.55. The van der Waals surface area contributed by atoms with Crippen molar-refractivity contribution in [2.75, 3.05) is 18.2 Å². The molecule has 0 saturated heterocycles. The summed E-state index contributed by atoms with van der Waals surface area (Å²) in [5.74, 6) is 1.40. The topological polar surface area (TPSA) is 73.1 Å². The van der Waals surface area contributed by atoms with Gasteiger partial charge >= 0.3 is 0 Å². The number of hydrogen-bond acceptors (Lipinski definition) is 5. The Labute approximate surface area is 99.7 Å². The van der Waals surface area contributed by atoms with E-state index in [2.05, 4.69) is 15.3 Å². The van der Waals surface area contributed by atoms with Gasteiger partial charge in [-0.05, 0) is 17.7 Å². The van der Waals surface area contributed by atoms with Crippen LogP contribution in [0.15, 0.2) is 36.7 Å². The number of nitrogens with zero attached hydrogens (tertiary/aromatic N) is 2. The van der Waals surface area contributed by atoms with E-state index in [1.54, 1.807) is 19.5 Å². The van der Waals surface area contributed by atoms with Crippen molar-refractivity contribution in [1.82, 2.24) is 9.97 Å². The first-order chi connectivity index (χ1) is 8.28. The van der Waals surface area contributed by atoms with E-state index in [-0.39, 0.29) is 0 Å². The molecule has 2 aromatic rings. The number of rotatable bonds is 4. The average molecular weight is 230 g/mol. The summed E-state index contributed by atoms with van der Waals surface area (Å²) in [5, 5.41) is 3.18. The fourth-order valence-electron chi connectivity index (χ4n) is 1.34. The van der Waals surface area contributed by atoms with Crippen LogP contribution in [0.3, 0.4) is 0 Å². The van der Waals surface area contributed by atoms with Crippen LogP contribution in [0.25, 0.3) is 0 Å². The van der Waals surface area contributed by atoms with Gasteiger partial charge in [0.25, 0.3) is 0 Å². The molecule has 88 valence electrons. The quantitative estimate of drug-likeness (QED) is 0.836. The third-order valence-corrected chi connectivity index (χ3v) is 2.27. The molecule has 0 unspecified atom stereocenters. The van der Waals surface area contributed by atoms with Crippen molar-refractivity contribution in [2.24, 2.45) is 0 Å². The maximum atomic E-state index is 5.55. The Kier molecular flexibility index (Phi) is 3.40. The molecule has 3 N–H and O–H groups in total. The normalized spacial score (nSPS) is 9.94. The Morgan fingerprint density at radius 1 is 1.18 bits per heavy atom. The molecule has 5 heteroatoms. The van der Waals surface area contributed by atoms with Gasteiger partial charge < -0.3 is 15.8 Å². The fraction of sp³-hybridized carbons (Fsp3) is 0.167. The van der Waals surface area contributed by atoms with Crippen molar-refractivity contribution in [1.29, 1.82) is 0 Å². The van der Waals surface area contributed by atoms with Crippen molar-refractivity contribution >= 4 is 11.5 Å². The van der Waals surface area contributed by atoms with Crippen LogP contribution in [-0.2, 0) is 6.54 Å². The average Bonchev–Trinajstić information content (AvgIpc) is 2.39. The number of nitrogens with one attached hydrogen (secondary N) is 1. The third-order valence-electron chi connectivity index (χ3n) is 2.27. The lowest BCUT2D eigenvalue weighted by Crippen LogP contribution is -2.02. The molecular weight excluding hydrogens is 216 g/mol. The van der Waals surface area contributed by atoms with Crippen LogP contribution in [0.5, 0.6) is 5.88 Å². The summed E-state index contributed by atoms with van der Waals surface area (Å²) in [6.45, 7) is 0.661. The van der Waals surface area contributed by atoms with E-state index < -0.39 is 0 Å². The highest BCUT2D eigenvalue weighted by Gasteiger charge is 1.97. The van der Waals surface area contributed by atoms with Crippen LogP contribution in [-0.4, -0.2) is 17.1 Å². The van der Waals surface area contributed by atoms with Crippen LogP contribution in [0, 0.1) is 0 Å². The monoisotopic (exact) mass is 230 g/mol. The zero-order valence-corrected chi connectivity index (χ0v) is 9.55. The summed E-state index contributed by atoms with van der Waals surface area (Å²) in [4.78, 5) is 8.27. The fourth-order valence-corrected chi connectivity index (χ4v) is 1.34. The minimum absolute atomic E-state index is 0.611. The molecular formula is C12H14N4O. The molecule has 0 aromatic carbocycles. The van der Waals surface area contributed by atoms with E-state index in [0.29, 0.717) is 18.1 Å².